The second-order valence-corrected chi connectivity index (χ2v) is 7.02. The van der Waals surface area contributed by atoms with Crippen LogP contribution < -0.4 is 9.64 Å². The number of hydrogen-bond donors (Lipinski definition) is 1. The van der Waals surface area contributed by atoms with Crippen LogP contribution in [0.3, 0.4) is 0 Å². The Bertz CT molecular complexity index is 1070. The Balaban J connectivity index is 1.56. The molecule has 2 aromatic carbocycles. The third kappa shape index (κ3) is 2.13. The van der Waals surface area contributed by atoms with Crippen LogP contribution in [0.4, 0.5) is 10.5 Å². The number of methoxy groups -OCH3 is 1. The van der Waals surface area contributed by atoms with E-state index in [9.17, 15) is 9.59 Å². The van der Waals surface area contributed by atoms with Gasteiger partial charge in [-0.1, -0.05) is 18.2 Å². The van der Waals surface area contributed by atoms with Crippen LogP contribution in [0, 0.1) is 0 Å². The van der Waals surface area contributed by atoms with Gasteiger partial charge in [-0.2, -0.15) is 0 Å². The first-order valence-corrected chi connectivity index (χ1v) is 9.00. The number of fused-ring (bicyclic) bond motifs is 4. The average molecular weight is 361 g/mol. The fraction of sp³-hybridized carbons (Fsp3) is 0.238. The van der Waals surface area contributed by atoms with E-state index in [0.29, 0.717) is 17.9 Å². The van der Waals surface area contributed by atoms with Crippen molar-refractivity contribution >= 4 is 28.5 Å². The molecule has 1 fully saturated rings. The monoisotopic (exact) mass is 361 g/mol. The van der Waals surface area contributed by atoms with Gasteiger partial charge >= 0.3 is 6.03 Å². The topological polar surface area (TPSA) is 65.6 Å². The van der Waals surface area contributed by atoms with E-state index in [2.05, 4.69) is 11.1 Å². The van der Waals surface area contributed by atoms with E-state index in [-0.39, 0.29) is 18.0 Å². The molecule has 2 aliphatic rings. The molecule has 0 aliphatic carbocycles. The molecule has 6 nitrogen and oxygen atoms in total. The summed E-state index contributed by atoms with van der Waals surface area (Å²) in [6.45, 7) is 1.98. The first-order valence-electron chi connectivity index (χ1n) is 9.00. The summed E-state index contributed by atoms with van der Waals surface area (Å²) in [5.41, 5.74) is 3.77. The molecule has 0 saturated carbocycles. The Hall–Kier alpha value is -3.28. The van der Waals surface area contributed by atoms with E-state index in [1.165, 1.54) is 4.90 Å². The highest BCUT2D eigenvalue weighted by molar-refractivity contribution is 6.21. The molecule has 2 unspecified atom stereocenters. The number of urea groups is 1. The molecule has 136 valence electrons. The maximum Gasteiger partial charge on any atom is 0.332 e. The standard InChI is InChI=1S/C21H19N3O3/c1-12-19-16(15-5-3-4-6-17(15)22-19)11-18-20(25)24(21(26)23(12)18)13-7-9-14(27-2)10-8-13/h3-10,12,18,22H,11H2,1-2H3. The Morgan fingerprint density at radius 2 is 1.81 bits per heavy atom. The van der Waals surface area contributed by atoms with E-state index in [1.54, 1.807) is 36.3 Å². The van der Waals surface area contributed by atoms with E-state index in [0.717, 1.165) is 22.2 Å². The molecule has 0 spiro atoms. The molecule has 27 heavy (non-hydrogen) atoms. The lowest BCUT2D eigenvalue weighted by Crippen LogP contribution is -2.42. The predicted octanol–water partition coefficient (Wildman–Crippen LogP) is 3.63. The van der Waals surface area contributed by atoms with Gasteiger partial charge in [-0.25, -0.2) is 9.69 Å². The number of rotatable bonds is 2. The number of nitrogens with zero attached hydrogens (tertiary/aromatic N) is 2. The number of imide groups is 1. The molecule has 1 N–H and O–H groups in total. The van der Waals surface area contributed by atoms with Gasteiger partial charge in [0.15, 0.2) is 0 Å². The van der Waals surface area contributed by atoms with Crippen LogP contribution in [0.5, 0.6) is 5.75 Å². The Kier molecular flexibility index (Phi) is 3.31. The van der Waals surface area contributed by atoms with E-state index < -0.39 is 6.04 Å². The largest absolute Gasteiger partial charge is 0.497 e. The zero-order chi connectivity index (χ0) is 18.7. The van der Waals surface area contributed by atoms with E-state index in [1.807, 2.05) is 25.1 Å². The molecule has 1 aromatic heterocycles. The zero-order valence-corrected chi connectivity index (χ0v) is 15.1. The van der Waals surface area contributed by atoms with Crippen LogP contribution in [0.1, 0.15) is 24.2 Å². The van der Waals surface area contributed by atoms with Crippen LogP contribution in [0.25, 0.3) is 10.9 Å². The number of ether oxygens (including phenoxy) is 1. The Morgan fingerprint density at radius 1 is 1.07 bits per heavy atom. The lowest BCUT2D eigenvalue weighted by atomic mass is 9.93. The fourth-order valence-corrected chi connectivity index (χ4v) is 4.33. The van der Waals surface area contributed by atoms with Crippen LogP contribution in [0.2, 0.25) is 0 Å². The van der Waals surface area contributed by atoms with Gasteiger partial charge in [0.25, 0.3) is 5.91 Å². The Morgan fingerprint density at radius 3 is 2.56 bits per heavy atom. The number of benzene rings is 2. The molecular weight excluding hydrogens is 342 g/mol. The first-order chi connectivity index (χ1) is 13.1. The van der Waals surface area contributed by atoms with Crippen LogP contribution in [-0.4, -0.2) is 35.0 Å². The van der Waals surface area contributed by atoms with Gasteiger partial charge in [-0.05, 0) is 42.8 Å². The van der Waals surface area contributed by atoms with Crippen molar-refractivity contribution in [2.45, 2.75) is 25.4 Å². The van der Waals surface area contributed by atoms with Gasteiger partial charge < -0.3 is 14.6 Å². The fourth-order valence-electron chi connectivity index (χ4n) is 4.33. The average Bonchev–Trinajstić information content (AvgIpc) is 3.18. The predicted molar refractivity (Wildman–Crippen MR) is 102 cm³/mol. The minimum absolute atomic E-state index is 0.173. The summed E-state index contributed by atoms with van der Waals surface area (Å²) in [5.74, 6) is 0.512. The summed E-state index contributed by atoms with van der Waals surface area (Å²) in [7, 11) is 1.58. The number of carbonyl (C=O) groups is 2. The highest BCUT2D eigenvalue weighted by atomic mass is 16.5. The first kappa shape index (κ1) is 15.9. The minimum Gasteiger partial charge on any atom is -0.497 e. The molecule has 2 aliphatic heterocycles. The van der Waals surface area contributed by atoms with Gasteiger partial charge in [0, 0.05) is 23.0 Å². The molecule has 1 saturated heterocycles. The van der Waals surface area contributed by atoms with Crippen LogP contribution >= 0.6 is 0 Å². The molecule has 5 rings (SSSR count). The number of para-hydroxylation sites is 1. The third-order valence-electron chi connectivity index (χ3n) is 5.66. The van der Waals surface area contributed by atoms with Crippen molar-refractivity contribution in [3.63, 3.8) is 0 Å². The van der Waals surface area contributed by atoms with Gasteiger partial charge in [0.2, 0.25) is 0 Å². The SMILES string of the molecule is COc1ccc(N2C(=O)C3Cc4c([nH]c5ccccc45)C(C)N3C2=O)cc1. The number of H-pyrrole nitrogens is 1. The maximum atomic E-state index is 13.1. The number of aromatic nitrogens is 1. The second-order valence-electron chi connectivity index (χ2n) is 7.02. The minimum atomic E-state index is -0.471. The molecule has 0 radical (unpaired) electrons. The Labute approximate surface area is 156 Å². The van der Waals surface area contributed by atoms with E-state index in [4.69, 9.17) is 4.74 Å². The number of anilines is 1. The summed E-state index contributed by atoms with van der Waals surface area (Å²) >= 11 is 0. The molecule has 6 heteroatoms. The van der Waals surface area contributed by atoms with Crippen molar-refractivity contribution in [1.82, 2.24) is 9.88 Å². The molecule has 3 amide bonds. The summed E-state index contributed by atoms with van der Waals surface area (Å²) in [6, 6.07) is 14.1. The molecule has 3 heterocycles. The number of carbonyl (C=O) groups excluding carboxylic acids is 2. The van der Waals surface area contributed by atoms with Crippen molar-refractivity contribution in [1.29, 1.82) is 0 Å². The van der Waals surface area contributed by atoms with Crippen molar-refractivity contribution in [3.8, 4) is 5.75 Å². The summed E-state index contributed by atoms with van der Waals surface area (Å²) in [4.78, 5) is 32.7. The summed E-state index contributed by atoms with van der Waals surface area (Å²) in [6.07, 6.45) is 0.529. The number of nitrogens with one attached hydrogen (secondary N) is 1. The normalized spacial score (nSPS) is 21.6. The van der Waals surface area contributed by atoms with E-state index >= 15 is 0 Å². The lowest BCUT2D eigenvalue weighted by Gasteiger charge is -2.33. The van der Waals surface area contributed by atoms with Crippen LogP contribution in [0.15, 0.2) is 48.5 Å². The van der Waals surface area contributed by atoms with Gasteiger partial charge in [0.05, 0.1) is 18.8 Å². The number of aromatic amines is 1. The van der Waals surface area contributed by atoms with Crippen molar-refractivity contribution in [2.24, 2.45) is 0 Å². The van der Waals surface area contributed by atoms with Crippen molar-refractivity contribution in [3.05, 3.63) is 59.8 Å². The van der Waals surface area contributed by atoms with Crippen molar-refractivity contribution < 1.29 is 14.3 Å². The zero-order valence-electron chi connectivity index (χ0n) is 15.1. The highest BCUT2D eigenvalue weighted by Crippen LogP contribution is 2.41. The molecule has 3 aromatic rings. The number of amides is 3. The smallest absolute Gasteiger partial charge is 0.332 e. The van der Waals surface area contributed by atoms with Gasteiger partial charge in [-0.15, -0.1) is 0 Å². The van der Waals surface area contributed by atoms with Crippen LogP contribution in [-0.2, 0) is 11.2 Å². The van der Waals surface area contributed by atoms with Gasteiger partial charge in [0.1, 0.15) is 11.8 Å². The summed E-state index contributed by atoms with van der Waals surface area (Å²) in [5, 5.41) is 1.13. The summed E-state index contributed by atoms with van der Waals surface area (Å²) < 4.78 is 5.17. The molecule has 2 atom stereocenters. The maximum absolute atomic E-state index is 13.1. The lowest BCUT2D eigenvalue weighted by molar-refractivity contribution is -0.120. The van der Waals surface area contributed by atoms with Crippen molar-refractivity contribution in [2.75, 3.05) is 12.0 Å². The molecule has 0 bridgehead atoms. The molecular formula is C21H19N3O3. The second kappa shape index (κ2) is 5.61. The number of hydrogen-bond acceptors (Lipinski definition) is 3. The highest BCUT2D eigenvalue weighted by Gasteiger charge is 2.51. The third-order valence-corrected chi connectivity index (χ3v) is 5.66. The van der Waals surface area contributed by atoms with Gasteiger partial charge in [-0.3, -0.25) is 4.79 Å². The quantitative estimate of drug-likeness (QED) is 0.709.